The van der Waals surface area contributed by atoms with Gasteiger partial charge in [-0.05, 0) is 12.8 Å². The van der Waals surface area contributed by atoms with Gasteiger partial charge in [0.25, 0.3) is 0 Å². The number of hydrogen-bond acceptors (Lipinski definition) is 4. The van der Waals surface area contributed by atoms with Gasteiger partial charge < -0.3 is 10.5 Å². The molecule has 114 valence electrons. The van der Waals surface area contributed by atoms with Crippen LogP contribution in [-0.4, -0.2) is 34.5 Å². The second-order valence-electron chi connectivity index (χ2n) is 5.29. The van der Waals surface area contributed by atoms with Crippen LogP contribution in [0.4, 0.5) is 0 Å². The van der Waals surface area contributed by atoms with Crippen LogP contribution in [0.25, 0.3) is 0 Å². The van der Waals surface area contributed by atoms with Crippen LogP contribution in [0, 0.1) is 0 Å². The molecular formula is C14H24ClN3OS. The summed E-state index contributed by atoms with van der Waals surface area (Å²) < 4.78 is 6.97. The molecule has 20 heavy (non-hydrogen) atoms. The van der Waals surface area contributed by atoms with Crippen molar-refractivity contribution in [3.8, 4) is 0 Å². The Kier molecular flexibility index (Phi) is 6.68. The van der Waals surface area contributed by atoms with Crippen molar-refractivity contribution >= 4 is 23.4 Å². The SMILES string of the molecule is COCCn1ncc(Cl)c1C(N)CSC1CCCCC1. The molecule has 0 saturated heterocycles. The van der Waals surface area contributed by atoms with Gasteiger partial charge in [-0.15, -0.1) is 0 Å². The van der Waals surface area contributed by atoms with E-state index in [1.54, 1.807) is 13.3 Å². The van der Waals surface area contributed by atoms with E-state index in [1.165, 1.54) is 32.1 Å². The predicted octanol–water partition coefficient (Wildman–Crippen LogP) is 3.25. The molecule has 0 aromatic carbocycles. The van der Waals surface area contributed by atoms with E-state index in [-0.39, 0.29) is 6.04 Å². The molecule has 1 fully saturated rings. The molecule has 6 heteroatoms. The zero-order valence-corrected chi connectivity index (χ0v) is 13.6. The van der Waals surface area contributed by atoms with Crippen LogP contribution in [0.2, 0.25) is 5.02 Å². The monoisotopic (exact) mass is 317 g/mol. The summed E-state index contributed by atoms with van der Waals surface area (Å²) in [6, 6.07) is -0.0613. The highest BCUT2D eigenvalue weighted by atomic mass is 35.5. The number of nitrogens with zero attached hydrogens (tertiary/aromatic N) is 2. The Morgan fingerprint density at radius 2 is 2.25 bits per heavy atom. The molecule has 1 aromatic heterocycles. The van der Waals surface area contributed by atoms with Crippen LogP contribution in [0.3, 0.4) is 0 Å². The molecule has 2 rings (SSSR count). The molecule has 1 aromatic rings. The second-order valence-corrected chi connectivity index (χ2v) is 7.03. The summed E-state index contributed by atoms with van der Waals surface area (Å²) in [7, 11) is 1.68. The molecule has 1 saturated carbocycles. The molecule has 1 unspecified atom stereocenters. The van der Waals surface area contributed by atoms with E-state index in [2.05, 4.69) is 5.10 Å². The van der Waals surface area contributed by atoms with Crippen molar-refractivity contribution in [2.24, 2.45) is 5.73 Å². The summed E-state index contributed by atoms with van der Waals surface area (Å²) in [6.07, 6.45) is 8.44. The summed E-state index contributed by atoms with van der Waals surface area (Å²) in [4.78, 5) is 0. The fourth-order valence-corrected chi connectivity index (χ4v) is 4.23. The standard InChI is InChI=1S/C14H24ClN3OS/c1-19-8-7-18-14(12(15)9-17-18)13(16)10-20-11-5-3-2-4-6-11/h9,11,13H,2-8,10,16H2,1H3. The summed E-state index contributed by atoms with van der Waals surface area (Å²) in [5.41, 5.74) is 7.26. The van der Waals surface area contributed by atoms with Crippen molar-refractivity contribution < 1.29 is 4.74 Å². The molecular weight excluding hydrogens is 294 g/mol. The van der Waals surface area contributed by atoms with Crippen LogP contribution < -0.4 is 5.73 Å². The van der Waals surface area contributed by atoms with E-state index in [4.69, 9.17) is 22.1 Å². The Morgan fingerprint density at radius 1 is 1.50 bits per heavy atom. The van der Waals surface area contributed by atoms with E-state index in [9.17, 15) is 0 Å². The minimum absolute atomic E-state index is 0.0613. The number of rotatable bonds is 7. The summed E-state index contributed by atoms with van der Waals surface area (Å²) >= 11 is 8.22. The highest BCUT2D eigenvalue weighted by Crippen LogP contribution is 2.31. The number of halogens is 1. The molecule has 1 heterocycles. The third-order valence-corrected chi connectivity index (χ3v) is 5.54. The first-order valence-electron chi connectivity index (χ1n) is 7.29. The Labute approximate surface area is 130 Å². The van der Waals surface area contributed by atoms with Gasteiger partial charge >= 0.3 is 0 Å². The normalized spacial score (nSPS) is 18.4. The van der Waals surface area contributed by atoms with Gasteiger partial charge in [0, 0.05) is 18.1 Å². The van der Waals surface area contributed by atoms with E-state index < -0.39 is 0 Å². The predicted molar refractivity (Wildman–Crippen MR) is 85.4 cm³/mol. The van der Waals surface area contributed by atoms with Crippen LogP contribution in [0.1, 0.15) is 43.8 Å². The van der Waals surface area contributed by atoms with Gasteiger partial charge in [-0.3, -0.25) is 4.68 Å². The molecule has 1 aliphatic carbocycles. The average Bonchev–Trinajstić information content (AvgIpc) is 2.84. The molecule has 0 amide bonds. The van der Waals surface area contributed by atoms with E-state index in [0.717, 1.165) is 16.7 Å². The first kappa shape index (κ1) is 16.1. The lowest BCUT2D eigenvalue weighted by atomic mass is 10.0. The van der Waals surface area contributed by atoms with Gasteiger partial charge in [0.1, 0.15) is 0 Å². The minimum Gasteiger partial charge on any atom is -0.383 e. The number of thioether (sulfide) groups is 1. The van der Waals surface area contributed by atoms with Gasteiger partial charge in [-0.2, -0.15) is 16.9 Å². The fourth-order valence-electron chi connectivity index (χ4n) is 2.65. The van der Waals surface area contributed by atoms with Gasteiger partial charge in [0.05, 0.1) is 36.1 Å². The fraction of sp³-hybridized carbons (Fsp3) is 0.786. The highest BCUT2D eigenvalue weighted by molar-refractivity contribution is 7.99. The molecule has 4 nitrogen and oxygen atoms in total. The zero-order valence-electron chi connectivity index (χ0n) is 12.1. The maximum atomic E-state index is 6.32. The highest BCUT2D eigenvalue weighted by Gasteiger charge is 2.20. The lowest BCUT2D eigenvalue weighted by molar-refractivity contribution is 0.182. The first-order valence-corrected chi connectivity index (χ1v) is 8.72. The quantitative estimate of drug-likeness (QED) is 0.838. The van der Waals surface area contributed by atoms with Crippen molar-refractivity contribution in [3.63, 3.8) is 0 Å². The molecule has 1 aliphatic rings. The third kappa shape index (κ3) is 4.38. The van der Waals surface area contributed by atoms with Crippen LogP contribution in [0.15, 0.2) is 6.20 Å². The first-order chi connectivity index (χ1) is 9.72. The van der Waals surface area contributed by atoms with Crippen LogP contribution in [-0.2, 0) is 11.3 Å². The maximum absolute atomic E-state index is 6.32. The Hall–Kier alpha value is -0.230. The van der Waals surface area contributed by atoms with Gasteiger partial charge in [-0.25, -0.2) is 0 Å². The zero-order chi connectivity index (χ0) is 14.4. The van der Waals surface area contributed by atoms with Crippen molar-refractivity contribution in [1.29, 1.82) is 0 Å². The Morgan fingerprint density at radius 3 is 2.95 bits per heavy atom. The Balaban J connectivity index is 1.90. The lowest BCUT2D eigenvalue weighted by Gasteiger charge is -2.23. The average molecular weight is 318 g/mol. The number of aromatic nitrogens is 2. The van der Waals surface area contributed by atoms with Crippen molar-refractivity contribution in [3.05, 3.63) is 16.9 Å². The van der Waals surface area contributed by atoms with Crippen LogP contribution >= 0.6 is 23.4 Å². The molecule has 1 atom stereocenters. The topological polar surface area (TPSA) is 53.1 Å². The number of hydrogen-bond donors (Lipinski definition) is 1. The third-order valence-electron chi connectivity index (χ3n) is 3.76. The smallest absolute Gasteiger partial charge is 0.0834 e. The molecule has 2 N–H and O–H groups in total. The number of ether oxygens (including phenoxy) is 1. The maximum Gasteiger partial charge on any atom is 0.0834 e. The molecule has 0 bridgehead atoms. The van der Waals surface area contributed by atoms with Crippen molar-refractivity contribution in [2.75, 3.05) is 19.5 Å². The van der Waals surface area contributed by atoms with Gasteiger partial charge in [0.15, 0.2) is 0 Å². The molecule has 0 spiro atoms. The van der Waals surface area contributed by atoms with E-state index in [1.807, 2.05) is 16.4 Å². The summed E-state index contributed by atoms with van der Waals surface area (Å²) in [5.74, 6) is 0.906. The van der Waals surface area contributed by atoms with Crippen molar-refractivity contribution in [2.45, 2.75) is 49.9 Å². The van der Waals surface area contributed by atoms with Crippen LogP contribution in [0.5, 0.6) is 0 Å². The van der Waals surface area contributed by atoms with E-state index in [0.29, 0.717) is 18.2 Å². The molecule has 0 aliphatic heterocycles. The Bertz CT molecular complexity index is 407. The number of methoxy groups -OCH3 is 1. The number of nitrogens with two attached hydrogens (primary N) is 1. The van der Waals surface area contributed by atoms with Crippen molar-refractivity contribution in [1.82, 2.24) is 9.78 Å². The summed E-state index contributed by atoms with van der Waals surface area (Å²) in [5, 5.41) is 5.72. The van der Waals surface area contributed by atoms with Gasteiger partial charge in [0.2, 0.25) is 0 Å². The van der Waals surface area contributed by atoms with Gasteiger partial charge in [-0.1, -0.05) is 30.9 Å². The van der Waals surface area contributed by atoms with E-state index >= 15 is 0 Å². The minimum atomic E-state index is -0.0613. The largest absolute Gasteiger partial charge is 0.383 e. The molecule has 0 radical (unpaired) electrons. The second kappa shape index (κ2) is 8.27. The lowest BCUT2D eigenvalue weighted by Crippen LogP contribution is -2.22. The summed E-state index contributed by atoms with van der Waals surface area (Å²) in [6.45, 7) is 1.31.